The number of benzene rings is 1. The highest BCUT2D eigenvalue weighted by Crippen LogP contribution is 2.42. The number of H-pyrrole nitrogens is 1. The van der Waals surface area contributed by atoms with Gasteiger partial charge in [0.25, 0.3) is 0 Å². The minimum absolute atomic E-state index is 0.598. The van der Waals surface area contributed by atoms with Crippen LogP contribution in [-0.2, 0) is 5.60 Å². The van der Waals surface area contributed by atoms with E-state index in [1.54, 1.807) is 0 Å². The van der Waals surface area contributed by atoms with Gasteiger partial charge in [-0.05, 0) is 60.2 Å². The summed E-state index contributed by atoms with van der Waals surface area (Å²) in [5.41, 5.74) is 1.58. The lowest BCUT2D eigenvalue weighted by Gasteiger charge is -2.39. The molecule has 1 aliphatic carbocycles. The van der Waals surface area contributed by atoms with Crippen molar-refractivity contribution in [3.8, 4) is 0 Å². The molecule has 96 valence electrons. The number of nitrogens with one attached hydrogen (secondary N) is 1. The van der Waals surface area contributed by atoms with Crippen molar-refractivity contribution in [2.24, 2.45) is 11.8 Å². The quantitative estimate of drug-likeness (QED) is 0.785. The molecular weight excluding hydrogens is 222 g/mol. The number of hydrogen-bond acceptors (Lipinski definition) is 1. The number of aromatic nitrogens is 1. The van der Waals surface area contributed by atoms with E-state index in [-0.39, 0.29) is 0 Å². The van der Waals surface area contributed by atoms with Crippen molar-refractivity contribution in [1.29, 1.82) is 0 Å². The fraction of sp³-hybridized carbons (Fsp3) is 0.500. The lowest BCUT2D eigenvalue weighted by molar-refractivity contribution is -0.0361. The van der Waals surface area contributed by atoms with Crippen LogP contribution < -0.4 is 0 Å². The Hall–Kier alpha value is -1.28. The normalized spacial score (nSPS) is 32.8. The molecule has 1 aliphatic rings. The van der Waals surface area contributed by atoms with Crippen molar-refractivity contribution in [2.45, 2.75) is 38.7 Å². The Kier molecular flexibility index (Phi) is 2.70. The predicted molar refractivity (Wildman–Crippen MR) is 74.4 cm³/mol. The van der Waals surface area contributed by atoms with Crippen LogP contribution in [0.2, 0.25) is 0 Å². The molecule has 0 amide bonds. The van der Waals surface area contributed by atoms with E-state index < -0.39 is 5.60 Å². The summed E-state index contributed by atoms with van der Waals surface area (Å²) in [7, 11) is 0. The lowest BCUT2D eigenvalue weighted by Crippen LogP contribution is -2.35. The highest BCUT2D eigenvalue weighted by atomic mass is 16.3. The monoisotopic (exact) mass is 243 g/mol. The van der Waals surface area contributed by atoms with Gasteiger partial charge in [0.05, 0.1) is 5.60 Å². The van der Waals surface area contributed by atoms with Gasteiger partial charge in [-0.15, -0.1) is 0 Å². The van der Waals surface area contributed by atoms with E-state index in [2.05, 4.69) is 43.1 Å². The van der Waals surface area contributed by atoms with Crippen LogP contribution in [-0.4, -0.2) is 10.1 Å². The Balaban J connectivity index is 2.01. The number of rotatable bonds is 1. The average Bonchev–Trinajstić information content (AvgIpc) is 2.73. The van der Waals surface area contributed by atoms with Crippen LogP contribution in [0.25, 0.3) is 10.9 Å². The van der Waals surface area contributed by atoms with Crippen molar-refractivity contribution >= 4 is 10.9 Å². The third kappa shape index (κ3) is 1.95. The first-order valence-electron chi connectivity index (χ1n) is 6.87. The highest BCUT2D eigenvalue weighted by molar-refractivity contribution is 5.80. The third-order valence-corrected chi connectivity index (χ3v) is 4.27. The largest absolute Gasteiger partial charge is 0.385 e. The summed E-state index contributed by atoms with van der Waals surface area (Å²) in [6, 6.07) is 8.35. The molecule has 2 nitrogen and oxygen atoms in total. The van der Waals surface area contributed by atoms with E-state index in [0.717, 1.165) is 23.9 Å². The molecule has 2 unspecified atom stereocenters. The van der Waals surface area contributed by atoms with E-state index in [1.807, 2.05) is 6.20 Å². The zero-order chi connectivity index (χ0) is 12.8. The van der Waals surface area contributed by atoms with Crippen molar-refractivity contribution in [2.75, 3.05) is 0 Å². The summed E-state index contributed by atoms with van der Waals surface area (Å²) in [4.78, 5) is 3.20. The minimum atomic E-state index is -0.636. The maximum absolute atomic E-state index is 11.0. The highest BCUT2D eigenvalue weighted by Gasteiger charge is 2.37. The van der Waals surface area contributed by atoms with Crippen LogP contribution >= 0.6 is 0 Å². The number of aliphatic hydroxyl groups is 1. The molecule has 0 radical (unpaired) electrons. The molecule has 1 aromatic carbocycles. The van der Waals surface area contributed by atoms with Crippen LogP contribution in [0.3, 0.4) is 0 Å². The third-order valence-electron chi connectivity index (χ3n) is 4.27. The van der Waals surface area contributed by atoms with Crippen molar-refractivity contribution in [1.82, 2.24) is 4.98 Å². The average molecular weight is 243 g/mol. The van der Waals surface area contributed by atoms with Gasteiger partial charge in [0.2, 0.25) is 0 Å². The summed E-state index contributed by atoms with van der Waals surface area (Å²) in [6.45, 7) is 4.49. The van der Waals surface area contributed by atoms with Gasteiger partial charge in [-0.1, -0.05) is 19.9 Å². The molecule has 0 spiro atoms. The molecule has 18 heavy (non-hydrogen) atoms. The van der Waals surface area contributed by atoms with Crippen LogP contribution in [0.15, 0.2) is 30.5 Å². The van der Waals surface area contributed by atoms with Gasteiger partial charge in [0.15, 0.2) is 0 Å². The fourth-order valence-electron chi connectivity index (χ4n) is 3.67. The van der Waals surface area contributed by atoms with Gasteiger partial charge in [-0.3, -0.25) is 0 Å². The first kappa shape index (κ1) is 11.8. The summed E-state index contributed by atoms with van der Waals surface area (Å²) < 4.78 is 0. The summed E-state index contributed by atoms with van der Waals surface area (Å²) in [5, 5.41) is 12.2. The molecule has 1 saturated carbocycles. The van der Waals surface area contributed by atoms with Gasteiger partial charge in [-0.25, -0.2) is 0 Å². The summed E-state index contributed by atoms with van der Waals surface area (Å²) in [6.07, 6.45) is 4.94. The Labute approximate surface area is 108 Å². The molecule has 0 aliphatic heterocycles. The van der Waals surface area contributed by atoms with Crippen molar-refractivity contribution in [3.63, 3.8) is 0 Å². The fourth-order valence-corrected chi connectivity index (χ4v) is 3.67. The molecule has 2 atom stereocenters. The van der Waals surface area contributed by atoms with Gasteiger partial charge in [-0.2, -0.15) is 0 Å². The molecule has 2 N–H and O–H groups in total. The minimum Gasteiger partial charge on any atom is -0.385 e. The zero-order valence-electron chi connectivity index (χ0n) is 11.1. The lowest BCUT2D eigenvalue weighted by atomic mass is 9.71. The first-order valence-corrected chi connectivity index (χ1v) is 6.87. The smallest absolute Gasteiger partial charge is 0.0901 e. The Bertz CT molecular complexity index is 547. The van der Waals surface area contributed by atoms with Crippen LogP contribution in [0.5, 0.6) is 0 Å². The van der Waals surface area contributed by atoms with Crippen molar-refractivity contribution < 1.29 is 5.11 Å². The predicted octanol–water partition coefficient (Wildman–Crippen LogP) is 3.81. The SMILES string of the molecule is CC1CC(C)CC(O)(c2ccc3[nH]ccc3c2)C1. The maximum atomic E-state index is 11.0. The maximum Gasteiger partial charge on any atom is 0.0901 e. The molecule has 2 heteroatoms. The number of fused-ring (bicyclic) bond motifs is 1. The van der Waals surface area contributed by atoms with Crippen LogP contribution in [0.4, 0.5) is 0 Å². The standard InChI is InChI=1S/C16H21NO/c1-11-7-12(2)10-16(18,9-11)14-3-4-15-13(8-14)5-6-17-15/h3-6,8,11-12,17-18H,7,9-10H2,1-2H3. The van der Waals surface area contributed by atoms with E-state index >= 15 is 0 Å². The molecule has 1 heterocycles. The zero-order valence-corrected chi connectivity index (χ0v) is 11.1. The Morgan fingerprint density at radius 3 is 2.61 bits per heavy atom. The topological polar surface area (TPSA) is 36.0 Å². The van der Waals surface area contributed by atoms with Gasteiger partial charge in [0.1, 0.15) is 0 Å². The van der Waals surface area contributed by atoms with Gasteiger partial charge >= 0.3 is 0 Å². The molecular formula is C16H21NO. The summed E-state index contributed by atoms with van der Waals surface area (Å²) in [5.74, 6) is 1.20. The number of hydrogen-bond donors (Lipinski definition) is 2. The Morgan fingerprint density at radius 1 is 1.17 bits per heavy atom. The molecule has 1 fully saturated rings. The molecule has 0 bridgehead atoms. The van der Waals surface area contributed by atoms with E-state index in [0.29, 0.717) is 11.8 Å². The molecule has 3 rings (SSSR count). The van der Waals surface area contributed by atoms with E-state index in [9.17, 15) is 5.11 Å². The molecule has 1 aromatic heterocycles. The van der Waals surface area contributed by atoms with Crippen LogP contribution in [0, 0.1) is 11.8 Å². The second-order valence-electron chi connectivity index (χ2n) is 6.17. The van der Waals surface area contributed by atoms with Gasteiger partial charge < -0.3 is 10.1 Å². The van der Waals surface area contributed by atoms with Gasteiger partial charge in [0, 0.05) is 11.7 Å². The number of aromatic amines is 1. The van der Waals surface area contributed by atoms with Crippen LogP contribution in [0.1, 0.15) is 38.7 Å². The summed E-state index contributed by atoms with van der Waals surface area (Å²) >= 11 is 0. The van der Waals surface area contributed by atoms with E-state index in [4.69, 9.17) is 0 Å². The molecule has 2 aromatic rings. The first-order chi connectivity index (χ1) is 8.57. The molecule has 0 saturated heterocycles. The second-order valence-corrected chi connectivity index (χ2v) is 6.17. The Morgan fingerprint density at radius 2 is 1.89 bits per heavy atom. The van der Waals surface area contributed by atoms with Crippen molar-refractivity contribution in [3.05, 3.63) is 36.0 Å². The second kappa shape index (κ2) is 4.13. The van der Waals surface area contributed by atoms with E-state index in [1.165, 1.54) is 11.8 Å².